The first-order chi connectivity index (χ1) is 34.6. The van der Waals surface area contributed by atoms with E-state index in [0.717, 1.165) is 27.8 Å². The number of esters is 1. The number of carbonyl (C=O) groups excluding carboxylic acids is 6. The summed E-state index contributed by atoms with van der Waals surface area (Å²) in [6.07, 6.45) is -1.70. The van der Waals surface area contributed by atoms with E-state index in [2.05, 4.69) is 16.0 Å². The van der Waals surface area contributed by atoms with Crippen molar-refractivity contribution in [1.82, 2.24) is 16.0 Å². The van der Waals surface area contributed by atoms with Gasteiger partial charge in [-0.15, -0.1) is 11.8 Å². The molecular weight excluding hydrogens is 943 g/mol. The van der Waals surface area contributed by atoms with E-state index in [1.54, 1.807) is 41.5 Å². The van der Waals surface area contributed by atoms with Gasteiger partial charge in [0.1, 0.15) is 23.0 Å². The molecule has 0 bridgehead atoms. The zero-order chi connectivity index (χ0) is 53.2. The van der Waals surface area contributed by atoms with E-state index in [0.29, 0.717) is 6.42 Å². The van der Waals surface area contributed by atoms with Crippen molar-refractivity contribution < 1.29 is 48.1 Å². The molecular formula is C59H69N3O10S. The quantitative estimate of drug-likeness (QED) is 0.0322. The minimum atomic E-state index is -1.62. The number of hydrogen-bond acceptors (Lipinski definition) is 10. The summed E-state index contributed by atoms with van der Waals surface area (Å²) >= 11 is 1.35. The van der Waals surface area contributed by atoms with Crippen molar-refractivity contribution >= 4 is 53.2 Å². The number of aliphatic carboxylic acids is 1. The Morgan fingerprint density at radius 3 is 1.41 bits per heavy atom. The highest BCUT2D eigenvalue weighted by molar-refractivity contribution is 8.00. The van der Waals surface area contributed by atoms with Crippen LogP contribution in [0.4, 0.5) is 4.79 Å². The molecule has 0 aliphatic rings. The molecule has 0 aliphatic heterocycles. The third-order valence-corrected chi connectivity index (χ3v) is 13.6. The number of rotatable bonds is 25. The Kier molecular flexibility index (Phi) is 20.7. The molecule has 0 heterocycles. The molecule has 5 atom stereocenters. The van der Waals surface area contributed by atoms with E-state index in [-0.39, 0.29) is 24.4 Å². The molecule has 3 amide bonds. The second-order valence-corrected chi connectivity index (χ2v) is 21.5. The van der Waals surface area contributed by atoms with Gasteiger partial charge in [0.2, 0.25) is 11.8 Å². The SMILES string of the molecule is C[C@@H](Cc1ccccc1)C(=O)C[C@@H](Cc1ccccc1)C(=O)NC[C@H](NC(=O)OC(C)(C)C)C(=O)N[C@@H](CC(=O)OC(C)(C)C)C(=O)C[C@@H](CSC(c1ccccc1)(c1ccccc1)c1ccccc1)C(=O)O. The van der Waals surface area contributed by atoms with Crippen molar-refractivity contribution in [3.05, 3.63) is 179 Å². The van der Waals surface area contributed by atoms with E-state index in [4.69, 9.17) is 9.47 Å². The highest BCUT2D eigenvalue weighted by Crippen LogP contribution is 2.49. The van der Waals surface area contributed by atoms with Crippen molar-refractivity contribution in [3.8, 4) is 0 Å². The largest absolute Gasteiger partial charge is 0.481 e. The number of Topliss-reactive ketones (excluding diaryl/α,β-unsaturated/α-hetero) is 2. The van der Waals surface area contributed by atoms with E-state index < -0.39 is 101 Å². The molecule has 5 aromatic carbocycles. The summed E-state index contributed by atoms with van der Waals surface area (Å²) in [6, 6.07) is 44.5. The van der Waals surface area contributed by atoms with Gasteiger partial charge in [-0.05, 0) is 82.2 Å². The molecule has 0 aromatic heterocycles. The third-order valence-electron chi connectivity index (χ3n) is 11.9. The van der Waals surface area contributed by atoms with Crippen LogP contribution in [0, 0.1) is 17.8 Å². The van der Waals surface area contributed by atoms with Crippen LogP contribution in [0.15, 0.2) is 152 Å². The zero-order valence-electron chi connectivity index (χ0n) is 42.8. The summed E-state index contributed by atoms with van der Waals surface area (Å²) in [6.45, 7) is 11.1. The number of ether oxygens (including phenoxy) is 2. The van der Waals surface area contributed by atoms with Crippen molar-refractivity contribution in [2.24, 2.45) is 17.8 Å². The lowest BCUT2D eigenvalue weighted by atomic mass is 9.84. The fraction of sp³-hybridized carbons (Fsp3) is 0.373. The lowest BCUT2D eigenvalue weighted by Crippen LogP contribution is -2.57. The number of amides is 3. The molecule has 0 unspecified atom stereocenters. The molecule has 0 saturated carbocycles. The standard InChI is InChI=1S/C59H69N3O10S/c1-40(33-41-23-13-8-14-24-41)50(63)35-43(34-42-25-15-9-16-26-42)53(66)60-38-49(62-56(70)72-58(5,6)7)54(67)61-48(37-52(65)71-57(2,3)4)51(64)36-44(55(68)69)39-73-59(45-27-17-10-18-28-45,46-29-19-11-20-30-46)47-31-21-12-22-32-47/h8-32,40,43-44,48-49H,33-39H2,1-7H3,(H,60,66)(H,61,67)(H,62,70)(H,68,69)/t40-,43+,44-,48-,49-/m0/s1. The molecule has 73 heavy (non-hydrogen) atoms. The minimum Gasteiger partial charge on any atom is -0.481 e. The maximum Gasteiger partial charge on any atom is 0.408 e. The van der Waals surface area contributed by atoms with Gasteiger partial charge in [0.25, 0.3) is 0 Å². The Balaban J connectivity index is 1.42. The normalized spacial score (nSPS) is 13.7. The number of thioether (sulfide) groups is 1. The molecule has 5 aromatic rings. The van der Waals surface area contributed by atoms with Gasteiger partial charge in [-0.25, -0.2) is 4.79 Å². The van der Waals surface area contributed by atoms with Gasteiger partial charge in [0, 0.05) is 37.0 Å². The Hall–Kier alpha value is -7.06. The van der Waals surface area contributed by atoms with Gasteiger partial charge >= 0.3 is 18.0 Å². The summed E-state index contributed by atoms with van der Waals surface area (Å²) in [5.74, 6) is -7.20. The first-order valence-electron chi connectivity index (χ1n) is 24.6. The first kappa shape index (κ1) is 56.8. The topological polar surface area (TPSA) is 194 Å². The van der Waals surface area contributed by atoms with Crippen molar-refractivity contribution in [1.29, 1.82) is 0 Å². The summed E-state index contributed by atoms with van der Waals surface area (Å²) in [5, 5.41) is 18.6. The van der Waals surface area contributed by atoms with Gasteiger partial charge in [0.15, 0.2) is 5.78 Å². The van der Waals surface area contributed by atoms with E-state index in [1.807, 2.05) is 159 Å². The van der Waals surface area contributed by atoms with Gasteiger partial charge in [0.05, 0.1) is 23.1 Å². The second-order valence-electron chi connectivity index (χ2n) is 20.2. The minimum absolute atomic E-state index is 0.0700. The predicted molar refractivity (Wildman–Crippen MR) is 284 cm³/mol. The van der Waals surface area contributed by atoms with Crippen LogP contribution in [-0.2, 0) is 55.8 Å². The lowest BCUT2D eigenvalue weighted by molar-refractivity contribution is -0.156. The van der Waals surface area contributed by atoms with Crippen molar-refractivity contribution in [3.63, 3.8) is 0 Å². The summed E-state index contributed by atoms with van der Waals surface area (Å²) in [4.78, 5) is 96.9. The molecule has 0 spiro atoms. The average molecular weight is 1010 g/mol. The molecule has 0 radical (unpaired) electrons. The van der Waals surface area contributed by atoms with Crippen LogP contribution < -0.4 is 16.0 Å². The Bertz CT molecular complexity index is 2510. The number of nitrogens with one attached hydrogen (secondary N) is 3. The zero-order valence-corrected chi connectivity index (χ0v) is 43.6. The number of hydrogen-bond donors (Lipinski definition) is 4. The molecule has 13 nitrogen and oxygen atoms in total. The molecule has 0 saturated heterocycles. The molecule has 0 aliphatic carbocycles. The summed E-state index contributed by atoms with van der Waals surface area (Å²) in [7, 11) is 0. The Labute approximate surface area is 433 Å². The number of carbonyl (C=O) groups is 7. The van der Waals surface area contributed by atoms with Crippen molar-refractivity contribution in [2.75, 3.05) is 12.3 Å². The molecule has 4 N–H and O–H groups in total. The van der Waals surface area contributed by atoms with Gasteiger partial charge in [-0.1, -0.05) is 159 Å². The first-order valence-corrected chi connectivity index (χ1v) is 25.6. The molecule has 5 rings (SSSR count). The Morgan fingerprint density at radius 2 is 0.959 bits per heavy atom. The molecule has 14 heteroatoms. The van der Waals surface area contributed by atoms with E-state index in [1.165, 1.54) is 11.8 Å². The van der Waals surface area contributed by atoms with Crippen LogP contribution in [0.5, 0.6) is 0 Å². The predicted octanol–water partition coefficient (Wildman–Crippen LogP) is 9.29. The summed E-state index contributed by atoms with van der Waals surface area (Å²) in [5.41, 5.74) is 2.46. The number of alkyl carbamates (subject to hydrolysis) is 1. The number of benzene rings is 5. The van der Waals surface area contributed by atoms with E-state index >= 15 is 0 Å². The van der Waals surface area contributed by atoms with E-state index in [9.17, 15) is 38.7 Å². The number of ketones is 2. The fourth-order valence-corrected chi connectivity index (χ4v) is 9.97. The molecule has 0 fully saturated rings. The second kappa shape index (κ2) is 26.6. The van der Waals surface area contributed by atoms with Crippen LogP contribution in [0.2, 0.25) is 0 Å². The van der Waals surface area contributed by atoms with Crippen LogP contribution in [-0.4, -0.2) is 82.1 Å². The maximum atomic E-state index is 14.6. The average Bonchev–Trinajstić information content (AvgIpc) is 3.34. The highest BCUT2D eigenvalue weighted by atomic mass is 32.2. The van der Waals surface area contributed by atoms with Gasteiger partial charge in [-0.3, -0.25) is 28.8 Å². The van der Waals surface area contributed by atoms with Gasteiger partial charge < -0.3 is 30.5 Å². The fourth-order valence-electron chi connectivity index (χ4n) is 8.35. The van der Waals surface area contributed by atoms with Crippen LogP contribution in [0.3, 0.4) is 0 Å². The highest BCUT2D eigenvalue weighted by Gasteiger charge is 2.40. The van der Waals surface area contributed by atoms with Crippen LogP contribution >= 0.6 is 11.8 Å². The lowest BCUT2D eigenvalue weighted by Gasteiger charge is -2.36. The van der Waals surface area contributed by atoms with Crippen molar-refractivity contribution in [2.45, 2.75) is 109 Å². The summed E-state index contributed by atoms with van der Waals surface area (Å²) < 4.78 is 10.1. The maximum absolute atomic E-state index is 14.6. The van der Waals surface area contributed by atoms with Crippen LogP contribution in [0.25, 0.3) is 0 Å². The molecule has 386 valence electrons. The monoisotopic (exact) mass is 1010 g/mol. The number of carboxylic acids is 1. The Morgan fingerprint density at radius 1 is 0.521 bits per heavy atom. The third kappa shape index (κ3) is 17.9. The van der Waals surface area contributed by atoms with Gasteiger partial charge in [-0.2, -0.15) is 0 Å². The number of carboxylic acid groups (broad SMARTS) is 1. The van der Waals surface area contributed by atoms with Crippen LogP contribution in [0.1, 0.15) is 95.5 Å². The smallest absolute Gasteiger partial charge is 0.408 e.